The zero-order chi connectivity index (χ0) is 22.0. The number of ketones is 1. The molecule has 0 N–H and O–H groups in total. The van der Waals surface area contributed by atoms with Gasteiger partial charge in [0.15, 0.2) is 0 Å². The quantitative estimate of drug-likeness (QED) is 0.548. The first kappa shape index (κ1) is 22.9. The molecule has 0 saturated carbocycles. The lowest BCUT2D eigenvalue weighted by Gasteiger charge is -2.26. The SMILES string of the molecule is CC(C)(C)c1c(CCCCC(=O)CC(C)(C)C(F)(F)F)nn2ccc(C#N)cc12. The van der Waals surface area contributed by atoms with Gasteiger partial charge in [0.05, 0.1) is 28.3 Å². The second-order valence-electron chi connectivity index (χ2n) is 9.23. The van der Waals surface area contributed by atoms with Crippen LogP contribution in [0.1, 0.15) is 77.1 Å². The van der Waals surface area contributed by atoms with E-state index in [0.717, 1.165) is 30.6 Å². The van der Waals surface area contributed by atoms with Gasteiger partial charge in [-0.3, -0.25) is 4.79 Å². The van der Waals surface area contributed by atoms with Crippen molar-refractivity contribution in [1.29, 1.82) is 5.26 Å². The number of carbonyl (C=O) groups is 1. The van der Waals surface area contributed by atoms with Crippen LogP contribution in [0.3, 0.4) is 0 Å². The van der Waals surface area contributed by atoms with E-state index in [1.807, 2.05) is 6.07 Å². The number of unbranched alkanes of at least 4 members (excludes halogenated alkanes) is 1. The lowest BCUT2D eigenvalue weighted by Crippen LogP contribution is -2.34. The molecular weight excluding hydrogens is 379 g/mol. The topological polar surface area (TPSA) is 58.2 Å². The van der Waals surface area contributed by atoms with Crippen molar-refractivity contribution in [2.45, 2.75) is 78.3 Å². The summed E-state index contributed by atoms with van der Waals surface area (Å²) >= 11 is 0. The Bertz CT molecular complexity index is 928. The number of aromatic nitrogens is 2. The maximum atomic E-state index is 12.9. The fourth-order valence-electron chi connectivity index (χ4n) is 3.45. The van der Waals surface area contributed by atoms with Crippen molar-refractivity contribution in [1.82, 2.24) is 9.61 Å². The summed E-state index contributed by atoms with van der Waals surface area (Å²) in [5.74, 6) is -0.364. The Hall–Kier alpha value is -2.36. The molecule has 2 rings (SSSR count). The van der Waals surface area contributed by atoms with Crippen molar-refractivity contribution in [3.63, 3.8) is 0 Å². The third kappa shape index (κ3) is 5.37. The smallest absolute Gasteiger partial charge is 0.300 e. The molecule has 0 bridgehead atoms. The Labute approximate surface area is 169 Å². The zero-order valence-corrected chi connectivity index (χ0v) is 17.7. The van der Waals surface area contributed by atoms with Gasteiger partial charge in [0.25, 0.3) is 0 Å². The van der Waals surface area contributed by atoms with Crippen molar-refractivity contribution in [3.05, 3.63) is 35.2 Å². The number of Topliss-reactive ketones (excluding diaryl/α,β-unsaturated/α-hetero) is 1. The van der Waals surface area contributed by atoms with Gasteiger partial charge in [0.2, 0.25) is 0 Å². The van der Waals surface area contributed by atoms with Crippen LogP contribution in [0.15, 0.2) is 18.3 Å². The highest BCUT2D eigenvalue weighted by atomic mass is 19.4. The van der Waals surface area contributed by atoms with Gasteiger partial charge < -0.3 is 0 Å². The molecule has 29 heavy (non-hydrogen) atoms. The molecule has 2 aromatic heterocycles. The van der Waals surface area contributed by atoms with Crippen LogP contribution in [0.2, 0.25) is 0 Å². The molecular formula is C22H28F3N3O. The van der Waals surface area contributed by atoms with Crippen LogP contribution in [0.4, 0.5) is 13.2 Å². The predicted molar refractivity (Wildman–Crippen MR) is 106 cm³/mol. The number of pyridine rings is 1. The molecule has 0 spiro atoms. The van der Waals surface area contributed by atoms with E-state index >= 15 is 0 Å². The lowest BCUT2D eigenvalue weighted by molar-refractivity contribution is -0.213. The van der Waals surface area contributed by atoms with Crippen LogP contribution < -0.4 is 0 Å². The van der Waals surface area contributed by atoms with E-state index in [9.17, 15) is 23.2 Å². The second-order valence-corrected chi connectivity index (χ2v) is 9.23. The van der Waals surface area contributed by atoms with E-state index in [2.05, 4.69) is 31.9 Å². The van der Waals surface area contributed by atoms with E-state index < -0.39 is 18.0 Å². The van der Waals surface area contributed by atoms with Gasteiger partial charge in [-0.2, -0.15) is 23.5 Å². The summed E-state index contributed by atoms with van der Waals surface area (Å²) < 4.78 is 40.6. The number of rotatable bonds is 7. The van der Waals surface area contributed by atoms with Crippen LogP contribution in [-0.4, -0.2) is 21.6 Å². The Balaban J connectivity index is 2.06. The van der Waals surface area contributed by atoms with Crippen LogP contribution in [0, 0.1) is 16.7 Å². The van der Waals surface area contributed by atoms with Gasteiger partial charge in [-0.15, -0.1) is 0 Å². The molecule has 0 aromatic carbocycles. The van der Waals surface area contributed by atoms with Crippen molar-refractivity contribution < 1.29 is 18.0 Å². The van der Waals surface area contributed by atoms with Crippen LogP contribution in [0.25, 0.3) is 5.52 Å². The van der Waals surface area contributed by atoms with Crippen molar-refractivity contribution >= 4 is 11.3 Å². The average molecular weight is 407 g/mol. The number of halogens is 3. The minimum Gasteiger partial charge on any atom is -0.300 e. The number of alkyl halides is 3. The molecule has 0 amide bonds. The molecule has 7 heteroatoms. The summed E-state index contributed by atoms with van der Waals surface area (Å²) in [7, 11) is 0. The minimum absolute atomic E-state index is 0.135. The number of hydrogen-bond acceptors (Lipinski definition) is 3. The van der Waals surface area contributed by atoms with E-state index in [-0.39, 0.29) is 17.6 Å². The Kier molecular flexibility index (Phi) is 6.46. The standard InChI is InChI=1S/C22H28F3N3O/c1-20(2,3)19-17(27-28-11-10-15(14-26)12-18(19)28)9-7-6-8-16(29)13-21(4,5)22(23,24)25/h10-12H,6-9,13H2,1-5H3. The van der Waals surface area contributed by atoms with Gasteiger partial charge in [-0.1, -0.05) is 34.6 Å². The molecule has 0 radical (unpaired) electrons. The Morgan fingerprint density at radius 3 is 2.38 bits per heavy atom. The van der Waals surface area contributed by atoms with Gasteiger partial charge in [0.1, 0.15) is 5.78 Å². The second kappa shape index (κ2) is 8.17. The van der Waals surface area contributed by atoms with Gasteiger partial charge in [0, 0.05) is 24.6 Å². The first-order valence-corrected chi connectivity index (χ1v) is 9.76. The fraction of sp³-hybridized carbons (Fsp3) is 0.591. The predicted octanol–water partition coefficient (Wildman–Crippen LogP) is 5.76. The summed E-state index contributed by atoms with van der Waals surface area (Å²) in [4.78, 5) is 12.0. The maximum absolute atomic E-state index is 12.9. The van der Waals surface area contributed by atoms with Gasteiger partial charge in [-0.05, 0) is 36.8 Å². The summed E-state index contributed by atoms with van der Waals surface area (Å²) in [5.41, 5.74) is 1.22. The number of nitrogens with zero attached hydrogens (tertiary/aromatic N) is 3. The number of nitriles is 1. The summed E-state index contributed by atoms with van der Waals surface area (Å²) in [6.45, 7) is 8.36. The third-order valence-corrected chi connectivity index (χ3v) is 5.11. The summed E-state index contributed by atoms with van der Waals surface area (Å²) in [6.07, 6.45) is -1.17. The van der Waals surface area contributed by atoms with E-state index in [4.69, 9.17) is 0 Å². The lowest BCUT2D eigenvalue weighted by atomic mass is 9.84. The Morgan fingerprint density at radius 2 is 1.83 bits per heavy atom. The summed E-state index contributed by atoms with van der Waals surface area (Å²) in [6, 6.07) is 5.67. The molecule has 2 aromatic rings. The number of hydrogen-bond donors (Lipinski definition) is 0. The molecule has 0 aliphatic rings. The molecule has 0 unspecified atom stereocenters. The highest BCUT2D eigenvalue weighted by Gasteiger charge is 2.47. The van der Waals surface area contributed by atoms with E-state index in [0.29, 0.717) is 24.8 Å². The summed E-state index contributed by atoms with van der Waals surface area (Å²) in [5, 5.41) is 13.8. The molecule has 0 aliphatic heterocycles. The molecule has 2 heterocycles. The van der Waals surface area contributed by atoms with Crippen molar-refractivity contribution in [2.24, 2.45) is 5.41 Å². The van der Waals surface area contributed by atoms with E-state index in [1.54, 1.807) is 16.8 Å². The molecule has 0 atom stereocenters. The number of aryl methyl sites for hydroxylation is 1. The minimum atomic E-state index is -4.39. The molecule has 0 fully saturated rings. The first-order chi connectivity index (χ1) is 13.3. The van der Waals surface area contributed by atoms with Crippen LogP contribution >= 0.6 is 0 Å². The van der Waals surface area contributed by atoms with Gasteiger partial charge in [-0.25, -0.2) is 4.52 Å². The zero-order valence-electron chi connectivity index (χ0n) is 17.7. The molecule has 0 saturated heterocycles. The highest BCUT2D eigenvalue weighted by Crippen LogP contribution is 2.40. The third-order valence-electron chi connectivity index (χ3n) is 5.11. The van der Waals surface area contributed by atoms with Crippen LogP contribution in [-0.2, 0) is 16.6 Å². The van der Waals surface area contributed by atoms with Crippen molar-refractivity contribution in [2.75, 3.05) is 0 Å². The largest absolute Gasteiger partial charge is 0.394 e. The monoisotopic (exact) mass is 407 g/mol. The Morgan fingerprint density at radius 1 is 1.17 bits per heavy atom. The number of fused-ring (bicyclic) bond motifs is 1. The average Bonchev–Trinajstić information content (AvgIpc) is 2.94. The number of carbonyl (C=O) groups excluding carboxylic acids is 1. The normalized spacial score (nSPS) is 12.9. The molecule has 0 aliphatic carbocycles. The van der Waals surface area contributed by atoms with Crippen molar-refractivity contribution in [3.8, 4) is 6.07 Å². The molecule has 4 nitrogen and oxygen atoms in total. The fourth-order valence-corrected chi connectivity index (χ4v) is 3.45. The van der Waals surface area contributed by atoms with Gasteiger partial charge >= 0.3 is 6.18 Å². The highest BCUT2D eigenvalue weighted by molar-refractivity contribution is 5.79. The van der Waals surface area contributed by atoms with E-state index in [1.165, 1.54) is 0 Å². The van der Waals surface area contributed by atoms with Crippen LogP contribution in [0.5, 0.6) is 0 Å². The maximum Gasteiger partial charge on any atom is 0.394 e. The first-order valence-electron chi connectivity index (χ1n) is 9.76. The molecule has 158 valence electrons.